The largest absolute Gasteiger partial charge is 0.155 e. The number of hydrogen-bond acceptors (Lipinski definition) is 2. The first kappa shape index (κ1) is 10.4. The summed E-state index contributed by atoms with van der Waals surface area (Å²) in [5, 5.41) is 8.14. The molecule has 4 heteroatoms. The molecule has 2 rings (SSSR count). The van der Waals surface area contributed by atoms with Crippen LogP contribution in [-0.2, 0) is 0 Å². The summed E-state index contributed by atoms with van der Waals surface area (Å²) < 4.78 is -0.255. The van der Waals surface area contributed by atoms with Crippen LogP contribution in [-0.4, -0.2) is 18.0 Å². The van der Waals surface area contributed by atoms with Crippen molar-refractivity contribution in [3.63, 3.8) is 0 Å². The molecule has 0 bridgehead atoms. The number of benzene rings is 1. The smallest absolute Gasteiger partial charge is 0.0942 e. The fraction of sp³-hybridized carbons (Fsp3) is 0.0909. The fourth-order valence-electron chi connectivity index (χ4n) is 1.25. The average molecular weight is 259 g/mol. The number of aromatic nitrogens is 2. The van der Waals surface area contributed by atoms with Crippen molar-refractivity contribution in [2.24, 2.45) is 0 Å². The molecular formula is C11H8BBrN2. The maximum absolute atomic E-state index is 5.62. The van der Waals surface area contributed by atoms with Crippen molar-refractivity contribution in [1.82, 2.24) is 10.2 Å². The zero-order valence-electron chi connectivity index (χ0n) is 7.97. The van der Waals surface area contributed by atoms with Crippen molar-refractivity contribution in [2.45, 2.75) is 4.73 Å². The van der Waals surface area contributed by atoms with Crippen LogP contribution in [0, 0.1) is 0 Å². The minimum absolute atomic E-state index is 0.255. The van der Waals surface area contributed by atoms with E-state index in [1.807, 2.05) is 42.5 Å². The van der Waals surface area contributed by atoms with E-state index in [9.17, 15) is 0 Å². The van der Waals surface area contributed by atoms with Gasteiger partial charge < -0.3 is 0 Å². The van der Waals surface area contributed by atoms with Crippen LogP contribution in [0.1, 0.15) is 10.4 Å². The molecule has 1 unspecified atom stereocenters. The number of alkyl halides is 1. The SMILES string of the molecule is [B]C(Br)c1ccc(-c2ccccc2)nn1. The van der Waals surface area contributed by atoms with Gasteiger partial charge in [0.05, 0.1) is 19.2 Å². The zero-order chi connectivity index (χ0) is 10.7. The Balaban J connectivity index is 2.32. The Morgan fingerprint density at radius 2 is 1.73 bits per heavy atom. The summed E-state index contributed by atoms with van der Waals surface area (Å²) in [5.74, 6) is 0. The van der Waals surface area contributed by atoms with Gasteiger partial charge in [0, 0.05) is 10.3 Å². The van der Waals surface area contributed by atoms with E-state index in [0.29, 0.717) is 0 Å². The highest BCUT2D eigenvalue weighted by molar-refractivity contribution is 9.09. The van der Waals surface area contributed by atoms with Crippen LogP contribution in [0.5, 0.6) is 0 Å². The van der Waals surface area contributed by atoms with Crippen molar-refractivity contribution < 1.29 is 0 Å². The third-order valence-corrected chi connectivity index (χ3v) is 2.51. The van der Waals surface area contributed by atoms with E-state index in [0.717, 1.165) is 17.0 Å². The summed E-state index contributed by atoms with van der Waals surface area (Å²) in [5.41, 5.74) is 2.64. The van der Waals surface area contributed by atoms with Crippen LogP contribution >= 0.6 is 15.9 Å². The van der Waals surface area contributed by atoms with Gasteiger partial charge in [-0.25, -0.2) is 0 Å². The van der Waals surface area contributed by atoms with Gasteiger partial charge >= 0.3 is 0 Å². The van der Waals surface area contributed by atoms with E-state index >= 15 is 0 Å². The van der Waals surface area contributed by atoms with Crippen molar-refractivity contribution in [3.8, 4) is 11.3 Å². The molecule has 0 aliphatic carbocycles. The highest BCUT2D eigenvalue weighted by Gasteiger charge is 2.03. The van der Waals surface area contributed by atoms with Crippen LogP contribution < -0.4 is 0 Å². The third kappa shape index (κ3) is 2.45. The van der Waals surface area contributed by atoms with Crippen molar-refractivity contribution in [1.29, 1.82) is 0 Å². The lowest BCUT2D eigenvalue weighted by Crippen LogP contribution is -1.96. The number of nitrogens with zero attached hydrogens (tertiary/aromatic N) is 2. The minimum atomic E-state index is -0.255. The second-order valence-electron chi connectivity index (χ2n) is 3.11. The van der Waals surface area contributed by atoms with E-state index in [1.165, 1.54) is 0 Å². The van der Waals surface area contributed by atoms with Crippen LogP contribution in [0.4, 0.5) is 0 Å². The van der Waals surface area contributed by atoms with E-state index < -0.39 is 0 Å². The molecule has 72 valence electrons. The van der Waals surface area contributed by atoms with Gasteiger partial charge in [-0.3, -0.25) is 0 Å². The summed E-state index contributed by atoms with van der Waals surface area (Å²) in [6.07, 6.45) is 0. The Kier molecular flexibility index (Phi) is 3.16. The van der Waals surface area contributed by atoms with Gasteiger partial charge in [-0.15, -0.1) is 0 Å². The molecule has 0 fully saturated rings. The summed E-state index contributed by atoms with van der Waals surface area (Å²) in [6.45, 7) is 0. The number of hydrogen-bond donors (Lipinski definition) is 0. The lowest BCUT2D eigenvalue weighted by molar-refractivity contribution is 0.972. The number of rotatable bonds is 2. The summed E-state index contributed by atoms with van der Waals surface area (Å²) in [6, 6.07) is 13.7. The van der Waals surface area contributed by atoms with Gasteiger partial charge in [0.2, 0.25) is 0 Å². The Bertz CT molecular complexity index is 428. The first-order valence-electron chi connectivity index (χ1n) is 4.56. The van der Waals surface area contributed by atoms with E-state index in [2.05, 4.69) is 26.1 Å². The van der Waals surface area contributed by atoms with Crippen LogP contribution in [0.2, 0.25) is 0 Å². The van der Waals surface area contributed by atoms with E-state index in [-0.39, 0.29) is 4.73 Å². The quantitative estimate of drug-likeness (QED) is 0.612. The molecule has 2 radical (unpaired) electrons. The maximum Gasteiger partial charge on any atom is 0.0942 e. The van der Waals surface area contributed by atoms with E-state index in [1.54, 1.807) is 0 Å². The Hall–Kier alpha value is -1.16. The zero-order valence-corrected chi connectivity index (χ0v) is 9.55. The molecule has 1 heterocycles. The van der Waals surface area contributed by atoms with Crippen molar-refractivity contribution in [2.75, 3.05) is 0 Å². The summed E-state index contributed by atoms with van der Waals surface area (Å²) >= 11 is 3.24. The van der Waals surface area contributed by atoms with Crippen LogP contribution in [0.15, 0.2) is 42.5 Å². The molecule has 1 aromatic heterocycles. The lowest BCUT2D eigenvalue weighted by Gasteiger charge is -2.03. The minimum Gasteiger partial charge on any atom is -0.155 e. The molecule has 15 heavy (non-hydrogen) atoms. The van der Waals surface area contributed by atoms with Gasteiger partial charge in [0.15, 0.2) is 0 Å². The predicted octanol–water partition coefficient (Wildman–Crippen LogP) is 2.71. The highest BCUT2D eigenvalue weighted by atomic mass is 79.9. The highest BCUT2D eigenvalue weighted by Crippen LogP contribution is 2.19. The lowest BCUT2D eigenvalue weighted by atomic mass is 10.0. The Labute approximate surface area is 98.3 Å². The monoisotopic (exact) mass is 258 g/mol. The molecule has 2 nitrogen and oxygen atoms in total. The normalized spacial score (nSPS) is 12.3. The van der Waals surface area contributed by atoms with Crippen molar-refractivity contribution in [3.05, 3.63) is 48.2 Å². The first-order valence-corrected chi connectivity index (χ1v) is 5.47. The summed E-state index contributed by atoms with van der Waals surface area (Å²) in [7, 11) is 5.62. The average Bonchev–Trinajstić information content (AvgIpc) is 2.30. The molecular weight excluding hydrogens is 251 g/mol. The Morgan fingerprint density at radius 3 is 2.27 bits per heavy atom. The van der Waals surface area contributed by atoms with Crippen LogP contribution in [0.3, 0.4) is 0 Å². The van der Waals surface area contributed by atoms with Crippen LogP contribution in [0.25, 0.3) is 11.3 Å². The van der Waals surface area contributed by atoms with Gasteiger partial charge in [-0.2, -0.15) is 10.2 Å². The topological polar surface area (TPSA) is 25.8 Å². The van der Waals surface area contributed by atoms with Gasteiger partial charge in [0.25, 0.3) is 0 Å². The molecule has 0 saturated carbocycles. The molecule has 0 aliphatic heterocycles. The Morgan fingerprint density at radius 1 is 1.00 bits per heavy atom. The standard InChI is InChI=1S/C11H8BBrN2/c12-11(13)10-7-6-9(14-15-10)8-4-2-1-3-5-8/h1-7,11H. The molecule has 0 saturated heterocycles. The van der Waals surface area contributed by atoms with Gasteiger partial charge in [-0.1, -0.05) is 46.3 Å². The first-order chi connectivity index (χ1) is 7.27. The van der Waals surface area contributed by atoms with Gasteiger partial charge in [0.1, 0.15) is 0 Å². The molecule has 1 aromatic carbocycles. The summed E-state index contributed by atoms with van der Waals surface area (Å²) in [4.78, 5) is 0. The third-order valence-electron chi connectivity index (χ3n) is 2.04. The molecule has 0 spiro atoms. The molecule has 0 aliphatic rings. The fourth-order valence-corrected chi connectivity index (χ4v) is 1.50. The van der Waals surface area contributed by atoms with Gasteiger partial charge in [-0.05, 0) is 12.1 Å². The van der Waals surface area contributed by atoms with Crippen molar-refractivity contribution >= 4 is 23.8 Å². The second kappa shape index (κ2) is 4.58. The second-order valence-corrected chi connectivity index (χ2v) is 4.10. The number of halogens is 1. The maximum atomic E-state index is 5.62. The van der Waals surface area contributed by atoms with E-state index in [4.69, 9.17) is 7.85 Å². The predicted molar refractivity (Wildman–Crippen MR) is 64.9 cm³/mol. The molecule has 2 aromatic rings. The molecule has 0 amide bonds. The molecule has 1 atom stereocenters. The molecule has 0 N–H and O–H groups in total.